The monoisotopic (exact) mass is 354 g/mol. The molecule has 0 bridgehead atoms. The summed E-state index contributed by atoms with van der Waals surface area (Å²) in [5.74, 6) is -0.723. The number of carboxylic acids is 1. The maximum Gasteiger partial charge on any atom is 0.303 e. The van der Waals surface area contributed by atoms with Crippen molar-refractivity contribution in [1.29, 1.82) is 0 Å². The molecule has 1 rings (SSSR count). The van der Waals surface area contributed by atoms with E-state index in [1.165, 1.54) is 7.76 Å². The molecule has 1 atom stereocenters. The van der Waals surface area contributed by atoms with Gasteiger partial charge in [-0.05, 0) is 54.0 Å². The van der Waals surface area contributed by atoms with Crippen molar-refractivity contribution in [3.8, 4) is 0 Å². The lowest BCUT2D eigenvalue weighted by Crippen LogP contribution is -2.00. The average Bonchev–Trinajstić information content (AvgIpc) is 2.64. The number of hydrogen-bond acceptors (Lipinski definition) is 3. The van der Waals surface area contributed by atoms with Crippen LogP contribution in [-0.2, 0) is 9.53 Å². The molecule has 0 aliphatic heterocycles. The van der Waals surface area contributed by atoms with Gasteiger partial charge in [0.1, 0.15) is 0 Å². The Morgan fingerprint density at radius 2 is 2.31 bits per heavy atom. The van der Waals surface area contributed by atoms with Crippen LogP contribution < -0.4 is 0 Å². The van der Waals surface area contributed by atoms with Crippen molar-refractivity contribution in [3.63, 3.8) is 0 Å². The van der Waals surface area contributed by atoms with Gasteiger partial charge in [0.15, 0.2) is 0 Å². The van der Waals surface area contributed by atoms with Gasteiger partial charge in [0.25, 0.3) is 0 Å². The number of aliphatic carboxylic acids is 1. The van der Waals surface area contributed by atoms with Crippen LogP contribution in [0.25, 0.3) is 0 Å². The van der Waals surface area contributed by atoms with Crippen molar-refractivity contribution in [1.82, 2.24) is 0 Å². The predicted molar refractivity (Wildman–Crippen MR) is 72.9 cm³/mol. The first-order chi connectivity index (χ1) is 7.63. The number of hydrogen-bond donors (Lipinski definition) is 1. The number of methoxy groups -OCH3 is 1. The molecular weight excluding hydrogens is 339 g/mol. The van der Waals surface area contributed by atoms with Crippen molar-refractivity contribution < 1.29 is 14.6 Å². The van der Waals surface area contributed by atoms with Crippen LogP contribution >= 0.6 is 33.9 Å². The fraction of sp³-hybridized carbons (Fsp3) is 0.545. The topological polar surface area (TPSA) is 46.5 Å². The van der Waals surface area contributed by atoms with E-state index in [0.717, 1.165) is 19.3 Å². The minimum absolute atomic E-state index is 0.113. The van der Waals surface area contributed by atoms with Crippen LogP contribution in [0.1, 0.15) is 36.7 Å². The summed E-state index contributed by atoms with van der Waals surface area (Å²) < 4.78 is 6.67. The lowest BCUT2D eigenvalue weighted by molar-refractivity contribution is -0.137. The lowest BCUT2D eigenvalue weighted by Gasteiger charge is -2.12. The zero-order valence-corrected chi connectivity index (χ0v) is 12.1. The SMILES string of the molecule is COC(CCCCC(=O)O)c1ccc(I)s1. The highest BCUT2D eigenvalue weighted by atomic mass is 127. The average molecular weight is 354 g/mol. The van der Waals surface area contributed by atoms with Gasteiger partial charge in [-0.2, -0.15) is 0 Å². The summed E-state index contributed by atoms with van der Waals surface area (Å²) >= 11 is 4.02. The highest BCUT2D eigenvalue weighted by Crippen LogP contribution is 2.30. The van der Waals surface area contributed by atoms with Crippen LogP contribution in [0.15, 0.2) is 12.1 Å². The van der Waals surface area contributed by atoms with Gasteiger partial charge in [0, 0.05) is 18.4 Å². The summed E-state index contributed by atoms with van der Waals surface area (Å²) in [6.45, 7) is 0. The number of ether oxygens (including phenoxy) is 1. The van der Waals surface area contributed by atoms with E-state index in [9.17, 15) is 4.79 Å². The van der Waals surface area contributed by atoms with E-state index in [0.29, 0.717) is 0 Å². The van der Waals surface area contributed by atoms with Crippen molar-refractivity contribution in [3.05, 3.63) is 19.9 Å². The van der Waals surface area contributed by atoms with Gasteiger partial charge in [-0.15, -0.1) is 11.3 Å². The van der Waals surface area contributed by atoms with E-state index in [1.54, 1.807) is 18.4 Å². The molecule has 0 fully saturated rings. The largest absolute Gasteiger partial charge is 0.481 e. The van der Waals surface area contributed by atoms with Crippen molar-refractivity contribution >= 4 is 39.9 Å². The first-order valence-corrected chi connectivity index (χ1v) is 7.03. The van der Waals surface area contributed by atoms with Crippen molar-refractivity contribution in [2.45, 2.75) is 31.8 Å². The van der Waals surface area contributed by atoms with E-state index in [1.807, 2.05) is 0 Å². The fourth-order valence-corrected chi connectivity index (χ4v) is 3.27. The van der Waals surface area contributed by atoms with Crippen molar-refractivity contribution in [2.75, 3.05) is 7.11 Å². The maximum atomic E-state index is 10.4. The predicted octanol–water partition coefficient (Wildman–Crippen LogP) is 3.69. The Morgan fingerprint density at radius 1 is 1.56 bits per heavy atom. The second kappa shape index (κ2) is 7.24. The molecule has 0 aliphatic rings. The third-order valence-corrected chi connectivity index (χ3v) is 4.29. The van der Waals surface area contributed by atoms with Gasteiger partial charge >= 0.3 is 5.97 Å². The molecule has 1 aromatic rings. The summed E-state index contributed by atoms with van der Waals surface area (Å²) in [5.41, 5.74) is 0. The van der Waals surface area contributed by atoms with E-state index < -0.39 is 5.97 Å². The molecule has 0 aliphatic carbocycles. The second-order valence-corrected chi connectivity index (χ2v) is 6.52. The number of carboxylic acid groups (broad SMARTS) is 1. The quantitative estimate of drug-likeness (QED) is 0.600. The van der Waals surface area contributed by atoms with Crippen LogP contribution in [0.2, 0.25) is 0 Å². The first-order valence-electron chi connectivity index (χ1n) is 5.13. The molecule has 0 saturated heterocycles. The van der Waals surface area contributed by atoms with Crippen LogP contribution in [0, 0.1) is 2.88 Å². The third kappa shape index (κ3) is 4.80. The summed E-state index contributed by atoms with van der Waals surface area (Å²) in [5, 5.41) is 8.53. The molecule has 1 aromatic heterocycles. The second-order valence-electron chi connectivity index (χ2n) is 3.51. The molecule has 1 heterocycles. The Balaban J connectivity index is 2.35. The van der Waals surface area contributed by atoms with E-state index in [4.69, 9.17) is 9.84 Å². The summed E-state index contributed by atoms with van der Waals surface area (Å²) in [7, 11) is 1.70. The van der Waals surface area contributed by atoms with Crippen LogP contribution in [-0.4, -0.2) is 18.2 Å². The molecule has 0 aromatic carbocycles. The van der Waals surface area contributed by atoms with Gasteiger partial charge in [-0.3, -0.25) is 4.79 Å². The highest BCUT2D eigenvalue weighted by molar-refractivity contribution is 14.1. The molecule has 1 unspecified atom stereocenters. The number of thiophene rings is 1. The van der Waals surface area contributed by atoms with Gasteiger partial charge in [0.2, 0.25) is 0 Å². The number of carbonyl (C=O) groups is 1. The summed E-state index contributed by atoms with van der Waals surface area (Å²) in [4.78, 5) is 11.6. The minimum Gasteiger partial charge on any atom is -0.481 e. The Hall–Kier alpha value is -0.140. The molecule has 3 nitrogen and oxygen atoms in total. The lowest BCUT2D eigenvalue weighted by atomic mass is 10.1. The molecule has 1 N–H and O–H groups in total. The smallest absolute Gasteiger partial charge is 0.303 e. The van der Waals surface area contributed by atoms with Gasteiger partial charge in [-0.25, -0.2) is 0 Å². The van der Waals surface area contributed by atoms with Crippen LogP contribution in [0.4, 0.5) is 0 Å². The standard InChI is InChI=1S/C11H15IO3S/c1-15-8(4-2-3-5-11(13)14)9-6-7-10(12)16-9/h6-8H,2-5H2,1H3,(H,13,14). The molecule has 90 valence electrons. The zero-order valence-electron chi connectivity index (χ0n) is 9.11. The highest BCUT2D eigenvalue weighted by Gasteiger charge is 2.12. The molecule has 0 radical (unpaired) electrons. The van der Waals surface area contributed by atoms with E-state index in [2.05, 4.69) is 34.7 Å². The number of halogens is 1. The molecule has 0 saturated carbocycles. The first kappa shape index (κ1) is 13.9. The number of unbranched alkanes of at least 4 members (excludes halogenated alkanes) is 1. The van der Waals surface area contributed by atoms with Crippen LogP contribution in [0.5, 0.6) is 0 Å². The fourth-order valence-electron chi connectivity index (χ4n) is 1.48. The Morgan fingerprint density at radius 3 is 2.81 bits per heavy atom. The van der Waals surface area contributed by atoms with Gasteiger partial charge in [-0.1, -0.05) is 0 Å². The molecular formula is C11H15IO3S. The van der Waals surface area contributed by atoms with Crippen molar-refractivity contribution in [2.24, 2.45) is 0 Å². The van der Waals surface area contributed by atoms with Crippen LogP contribution in [0.3, 0.4) is 0 Å². The minimum atomic E-state index is -0.723. The molecule has 16 heavy (non-hydrogen) atoms. The summed E-state index contributed by atoms with van der Waals surface area (Å²) in [6, 6.07) is 4.15. The van der Waals surface area contributed by atoms with E-state index >= 15 is 0 Å². The van der Waals surface area contributed by atoms with Gasteiger partial charge in [0.05, 0.1) is 8.99 Å². The Labute approximate surface area is 113 Å². The molecule has 5 heteroatoms. The third-order valence-electron chi connectivity index (χ3n) is 2.30. The number of rotatable bonds is 7. The maximum absolute atomic E-state index is 10.4. The Bertz CT molecular complexity index is 338. The van der Waals surface area contributed by atoms with E-state index in [-0.39, 0.29) is 12.5 Å². The normalized spacial score (nSPS) is 12.6. The summed E-state index contributed by atoms with van der Waals surface area (Å²) in [6.07, 6.45) is 2.86. The molecule has 0 amide bonds. The Kier molecular flexibility index (Phi) is 6.30. The van der Waals surface area contributed by atoms with Gasteiger partial charge < -0.3 is 9.84 Å². The zero-order chi connectivity index (χ0) is 12.0. The molecule has 0 spiro atoms.